The molecule has 7 heteroatoms. The van der Waals surface area contributed by atoms with Gasteiger partial charge < -0.3 is 8.92 Å². The molecule has 0 spiro atoms. The van der Waals surface area contributed by atoms with Crippen molar-refractivity contribution in [3.05, 3.63) is 65.5 Å². The fraction of sp³-hybridized carbons (Fsp3) is 0.133. The Bertz CT molecular complexity index is 786. The average Bonchev–Trinajstić information content (AvgIpc) is 2.46. The van der Waals surface area contributed by atoms with Gasteiger partial charge in [-0.2, -0.15) is 8.42 Å². The van der Waals surface area contributed by atoms with Crippen LogP contribution in [0.15, 0.2) is 48.5 Å². The third kappa shape index (κ3) is 4.05. The van der Waals surface area contributed by atoms with Crippen LogP contribution in [0, 0.1) is 5.82 Å². The first-order valence-corrected chi connectivity index (χ1v) is 7.83. The van der Waals surface area contributed by atoms with Crippen molar-refractivity contribution in [1.29, 1.82) is 0 Å². The van der Waals surface area contributed by atoms with E-state index in [0.717, 1.165) is 6.07 Å². The fourth-order valence-electron chi connectivity index (χ4n) is 1.82. The van der Waals surface area contributed by atoms with Crippen molar-refractivity contribution in [2.75, 3.05) is 7.11 Å². The summed E-state index contributed by atoms with van der Waals surface area (Å²) < 4.78 is 46.7. The second-order valence-corrected chi connectivity index (χ2v) is 5.97. The quantitative estimate of drug-likeness (QED) is 0.624. The van der Waals surface area contributed by atoms with Gasteiger partial charge in [-0.15, -0.1) is 0 Å². The number of ether oxygens (including phenoxy) is 1. The molecule has 0 unspecified atom stereocenters. The lowest BCUT2D eigenvalue weighted by Crippen LogP contribution is -2.14. The van der Waals surface area contributed by atoms with Crippen molar-refractivity contribution >= 4 is 16.1 Å². The molecule has 0 atom stereocenters. The van der Waals surface area contributed by atoms with Crippen LogP contribution in [0.4, 0.5) is 4.39 Å². The summed E-state index contributed by atoms with van der Waals surface area (Å²) in [7, 11) is -2.86. The van der Waals surface area contributed by atoms with Crippen LogP contribution in [0.3, 0.4) is 0 Å². The summed E-state index contributed by atoms with van der Waals surface area (Å²) in [6.07, 6.45) is 0. The third-order valence-electron chi connectivity index (χ3n) is 2.74. The minimum Gasteiger partial charge on any atom is -0.465 e. The van der Waals surface area contributed by atoms with Gasteiger partial charge in [-0.25, -0.2) is 9.18 Å². The molecule has 0 aliphatic carbocycles. The smallest absolute Gasteiger partial charge is 0.341 e. The minimum atomic E-state index is -4.04. The molecule has 0 saturated carbocycles. The molecule has 0 heterocycles. The van der Waals surface area contributed by atoms with Crippen LogP contribution in [0.1, 0.15) is 15.9 Å². The van der Waals surface area contributed by atoms with E-state index in [0.29, 0.717) is 0 Å². The zero-order valence-corrected chi connectivity index (χ0v) is 12.5. The van der Waals surface area contributed by atoms with E-state index in [9.17, 15) is 17.6 Å². The van der Waals surface area contributed by atoms with Crippen LogP contribution in [0.5, 0.6) is 5.75 Å². The van der Waals surface area contributed by atoms with Crippen molar-refractivity contribution in [2.24, 2.45) is 0 Å². The molecule has 2 aromatic rings. The van der Waals surface area contributed by atoms with Crippen LogP contribution in [-0.4, -0.2) is 21.5 Å². The van der Waals surface area contributed by atoms with Crippen molar-refractivity contribution in [2.45, 2.75) is 5.75 Å². The second-order valence-electron chi connectivity index (χ2n) is 4.40. The summed E-state index contributed by atoms with van der Waals surface area (Å²) in [5, 5.41) is 0. The first kappa shape index (κ1) is 16.0. The number of carbonyl (C=O) groups excluding carboxylic acids is 1. The molecule has 0 aliphatic heterocycles. The van der Waals surface area contributed by atoms with E-state index in [2.05, 4.69) is 4.74 Å². The zero-order chi connectivity index (χ0) is 16.2. The number of carbonyl (C=O) groups is 1. The molecule has 22 heavy (non-hydrogen) atoms. The van der Waals surface area contributed by atoms with Crippen LogP contribution >= 0.6 is 0 Å². The van der Waals surface area contributed by atoms with Gasteiger partial charge >= 0.3 is 16.1 Å². The lowest BCUT2D eigenvalue weighted by molar-refractivity contribution is 0.0599. The predicted molar refractivity (Wildman–Crippen MR) is 77.4 cm³/mol. The fourth-order valence-corrected chi connectivity index (χ4v) is 2.88. The first-order chi connectivity index (χ1) is 10.4. The van der Waals surface area contributed by atoms with Crippen LogP contribution < -0.4 is 4.18 Å². The Kier molecular flexibility index (Phi) is 4.77. The van der Waals surface area contributed by atoms with Crippen LogP contribution in [0.2, 0.25) is 0 Å². The molecule has 116 valence electrons. The highest BCUT2D eigenvalue weighted by Crippen LogP contribution is 2.22. The van der Waals surface area contributed by atoms with E-state index < -0.39 is 27.7 Å². The molecular weight excluding hydrogens is 311 g/mol. The summed E-state index contributed by atoms with van der Waals surface area (Å²) in [4.78, 5) is 11.6. The Morgan fingerprint density at radius 1 is 1.14 bits per heavy atom. The lowest BCUT2D eigenvalue weighted by atomic mass is 10.2. The third-order valence-corrected chi connectivity index (χ3v) is 3.86. The molecule has 0 aliphatic rings. The summed E-state index contributed by atoms with van der Waals surface area (Å²) in [6.45, 7) is 0. The molecule has 0 radical (unpaired) electrons. The Morgan fingerprint density at radius 2 is 1.86 bits per heavy atom. The van der Waals surface area contributed by atoms with Crippen LogP contribution in [0.25, 0.3) is 0 Å². The van der Waals surface area contributed by atoms with E-state index in [-0.39, 0.29) is 16.9 Å². The molecule has 2 aromatic carbocycles. The minimum absolute atomic E-state index is 0.00665. The molecule has 0 saturated heterocycles. The maximum atomic E-state index is 13.1. The molecule has 0 bridgehead atoms. The van der Waals surface area contributed by atoms with Gasteiger partial charge in [-0.05, 0) is 29.8 Å². The summed E-state index contributed by atoms with van der Waals surface area (Å²) in [5.74, 6) is -1.90. The Hall–Kier alpha value is -2.41. The average molecular weight is 324 g/mol. The number of para-hydroxylation sites is 1. The van der Waals surface area contributed by atoms with Gasteiger partial charge in [-0.3, -0.25) is 0 Å². The van der Waals surface area contributed by atoms with E-state index in [1.165, 1.54) is 43.5 Å². The molecule has 2 rings (SSSR count). The van der Waals surface area contributed by atoms with Gasteiger partial charge in [0.1, 0.15) is 17.1 Å². The van der Waals surface area contributed by atoms with Gasteiger partial charge in [-0.1, -0.05) is 24.3 Å². The number of benzene rings is 2. The molecular formula is C15H13FO5S. The molecule has 0 amide bonds. The number of hydrogen-bond donors (Lipinski definition) is 0. The zero-order valence-electron chi connectivity index (χ0n) is 11.7. The maximum Gasteiger partial charge on any atom is 0.341 e. The molecule has 5 nitrogen and oxygen atoms in total. The SMILES string of the molecule is COC(=O)c1ccccc1OS(=O)(=O)Cc1cccc(F)c1. The highest BCUT2D eigenvalue weighted by molar-refractivity contribution is 7.86. The number of rotatable bonds is 5. The number of halogens is 1. The predicted octanol–water partition coefficient (Wildman–Crippen LogP) is 2.52. The van der Waals surface area contributed by atoms with Gasteiger partial charge in [0.25, 0.3) is 0 Å². The number of hydrogen-bond acceptors (Lipinski definition) is 5. The van der Waals surface area contributed by atoms with Gasteiger partial charge in [0.15, 0.2) is 5.75 Å². The van der Waals surface area contributed by atoms with Gasteiger partial charge in [0.05, 0.1) is 7.11 Å². The Balaban J connectivity index is 2.24. The highest BCUT2D eigenvalue weighted by Gasteiger charge is 2.19. The highest BCUT2D eigenvalue weighted by atomic mass is 32.2. The maximum absolute atomic E-state index is 13.1. The van der Waals surface area contributed by atoms with Crippen molar-refractivity contribution in [1.82, 2.24) is 0 Å². The van der Waals surface area contributed by atoms with E-state index in [1.807, 2.05) is 0 Å². The van der Waals surface area contributed by atoms with E-state index in [4.69, 9.17) is 4.18 Å². The molecule has 0 N–H and O–H groups in total. The lowest BCUT2D eigenvalue weighted by Gasteiger charge is -2.10. The van der Waals surface area contributed by atoms with E-state index >= 15 is 0 Å². The molecule has 0 aromatic heterocycles. The van der Waals surface area contributed by atoms with Gasteiger partial charge in [0, 0.05) is 0 Å². The van der Waals surface area contributed by atoms with Crippen LogP contribution in [-0.2, 0) is 20.6 Å². The number of esters is 1. The Morgan fingerprint density at radius 3 is 2.55 bits per heavy atom. The summed E-state index contributed by atoms with van der Waals surface area (Å²) in [6, 6.07) is 11.0. The topological polar surface area (TPSA) is 69.7 Å². The number of methoxy groups -OCH3 is 1. The summed E-state index contributed by atoms with van der Waals surface area (Å²) >= 11 is 0. The normalized spacial score (nSPS) is 11.0. The first-order valence-electron chi connectivity index (χ1n) is 6.25. The summed E-state index contributed by atoms with van der Waals surface area (Å²) in [5.41, 5.74) is 0.239. The monoisotopic (exact) mass is 324 g/mol. The van der Waals surface area contributed by atoms with E-state index in [1.54, 1.807) is 6.07 Å². The largest absolute Gasteiger partial charge is 0.465 e. The Labute approximate surface area is 127 Å². The van der Waals surface area contributed by atoms with Crippen molar-refractivity contribution in [3.63, 3.8) is 0 Å². The standard InChI is InChI=1S/C15H13FO5S/c1-20-15(17)13-7-2-3-8-14(13)21-22(18,19)10-11-5-4-6-12(16)9-11/h2-9H,10H2,1H3. The van der Waals surface area contributed by atoms with Gasteiger partial charge in [0.2, 0.25) is 0 Å². The van der Waals surface area contributed by atoms with Crippen molar-refractivity contribution in [3.8, 4) is 5.75 Å². The second kappa shape index (κ2) is 6.57. The van der Waals surface area contributed by atoms with Crippen molar-refractivity contribution < 1.29 is 26.5 Å². The molecule has 0 fully saturated rings.